The molecule has 2 amide bonds. The molecule has 128 valence electrons. The number of nitrogens with one attached hydrogen (secondary N) is 2. The van der Waals surface area contributed by atoms with Crippen LogP contribution in [-0.4, -0.2) is 16.8 Å². The van der Waals surface area contributed by atoms with E-state index in [1.54, 1.807) is 23.6 Å². The number of alkyl halides is 3. The van der Waals surface area contributed by atoms with Gasteiger partial charge in [0.15, 0.2) is 5.69 Å². The number of nitrogens with zero attached hydrogens (tertiary/aromatic N) is 1. The predicted octanol–water partition coefficient (Wildman–Crippen LogP) is 3.39. The smallest absolute Gasteiger partial charge is 0.267 e. The molecule has 0 radical (unpaired) electrons. The van der Waals surface area contributed by atoms with Gasteiger partial charge < -0.3 is 0 Å². The molecule has 2 N–H and O–H groups in total. The molecule has 0 aliphatic heterocycles. The number of hydrogen-bond acceptors (Lipinski definition) is 4. The lowest BCUT2D eigenvalue weighted by atomic mass is 10.1. The van der Waals surface area contributed by atoms with Crippen LogP contribution in [0, 0.1) is 0 Å². The number of halogens is 3. The number of carbonyl (C=O) groups is 2. The summed E-state index contributed by atoms with van der Waals surface area (Å²) in [7, 11) is 0. The third-order valence-corrected chi connectivity index (χ3v) is 4.13. The summed E-state index contributed by atoms with van der Waals surface area (Å²) in [6.45, 7) is 0. The molecule has 2 aromatic heterocycles. The molecule has 1 aromatic carbocycles. The van der Waals surface area contributed by atoms with Crippen molar-refractivity contribution in [3.05, 3.63) is 64.7 Å². The first kappa shape index (κ1) is 16.9. The fourth-order valence-electron chi connectivity index (χ4n) is 2.13. The third-order valence-electron chi connectivity index (χ3n) is 3.27. The fourth-order valence-corrected chi connectivity index (χ4v) is 2.89. The summed E-state index contributed by atoms with van der Waals surface area (Å²) in [5.74, 6) is -1.74. The summed E-state index contributed by atoms with van der Waals surface area (Å²) < 4.78 is 40.0. The Morgan fingerprint density at radius 3 is 2.36 bits per heavy atom. The van der Waals surface area contributed by atoms with Crippen molar-refractivity contribution in [3.8, 4) is 0 Å². The van der Waals surface area contributed by atoms with Crippen molar-refractivity contribution in [1.82, 2.24) is 15.8 Å². The van der Waals surface area contributed by atoms with Gasteiger partial charge in [0.25, 0.3) is 11.8 Å². The molecule has 0 aliphatic rings. The quantitative estimate of drug-likeness (QED) is 0.684. The van der Waals surface area contributed by atoms with E-state index in [0.717, 1.165) is 17.4 Å². The first-order valence-electron chi connectivity index (χ1n) is 6.97. The number of aromatic nitrogens is 1. The number of thiophene rings is 1. The summed E-state index contributed by atoms with van der Waals surface area (Å²) in [6.07, 6.45) is -4.80. The van der Waals surface area contributed by atoms with E-state index in [4.69, 9.17) is 0 Å². The molecule has 0 atom stereocenters. The van der Waals surface area contributed by atoms with Crippen molar-refractivity contribution in [2.45, 2.75) is 6.18 Å². The zero-order valence-electron chi connectivity index (χ0n) is 12.4. The van der Waals surface area contributed by atoms with Crippen molar-refractivity contribution in [2.75, 3.05) is 0 Å². The number of carbonyl (C=O) groups excluding carboxylic acids is 2. The zero-order valence-corrected chi connectivity index (χ0v) is 13.2. The highest BCUT2D eigenvalue weighted by Crippen LogP contribution is 2.33. The largest absolute Gasteiger partial charge is 0.434 e. The van der Waals surface area contributed by atoms with Gasteiger partial charge in [0.2, 0.25) is 0 Å². The number of hydrogen-bond donors (Lipinski definition) is 2. The van der Waals surface area contributed by atoms with Crippen molar-refractivity contribution in [1.29, 1.82) is 0 Å². The Hall–Kier alpha value is -2.94. The molecule has 0 saturated carbocycles. The average molecular weight is 365 g/mol. The molecule has 0 unspecified atom stereocenters. The van der Waals surface area contributed by atoms with E-state index < -0.39 is 29.2 Å². The second-order valence-electron chi connectivity index (χ2n) is 4.96. The predicted molar refractivity (Wildman–Crippen MR) is 86.0 cm³/mol. The van der Waals surface area contributed by atoms with Crippen molar-refractivity contribution >= 4 is 33.4 Å². The van der Waals surface area contributed by atoms with E-state index in [0.29, 0.717) is 4.70 Å². The van der Waals surface area contributed by atoms with Gasteiger partial charge in [-0.15, -0.1) is 11.3 Å². The molecular weight excluding hydrogens is 355 g/mol. The van der Waals surface area contributed by atoms with Gasteiger partial charge in [0.05, 0.1) is 15.8 Å². The maximum atomic E-state index is 13.2. The molecule has 0 saturated heterocycles. The molecule has 5 nitrogen and oxygen atoms in total. The third kappa shape index (κ3) is 3.61. The number of rotatable bonds is 2. The van der Waals surface area contributed by atoms with Crippen LogP contribution in [0.2, 0.25) is 0 Å². The molecule has 0 fully saturated rings. The first-order valence-corrected chi connectivity index (χ1v) is 7.85. The summed E-state index contributed by atoms with van der Waals surface area (Å²) in [6, 6.07) is 10.5. The van der Waals surface area contributed by atoms with Gasteiger partial charge >= 0.3 is 6.18 Å². The van der Waals surface area contributed by atoms with Crippen molar-refractivity contribution in [2.24, 2.45) is 0 Å². The Morgan fingerprint density at radius 1 is 1.00 bits per heavy atom. The van der Waals surface area contributed by atoms with Crippen LogP contribution in [-0.2, 0) is 6.18 Å². The number of amides is 2. The molecule has 0 bridgehead atoms. The first-order chi connectivity index (χ1) is 11.9. The maximum absolute atomic E-state index is 13.2. The second-order valence-corrected chi connectivity index (χ2v) is 5.91. The van der Waals surface area contributed by atoms with E-state index in [1.165, 1.54) is 18.2 Å². The minimum absolute atomic E-state index is 0.155. The van der Waals surface area contributed by atoms with Gasteiger partial charge in [-0.05, 0) is 29.6 Å². The van der Waals surface area contributed by atoms with Gasteiger partial charge in [-0.25, -0.2) is 4.98 Å². The molecule has 3 rings (SSSR count). The standard InChI is InChI=1S/C16H10F3N3O2S/c17-16(18,19)13-10(8-12-11(20-13)6-7-25-12)15(24)22-21-14(23)9-4-2-1-3-5-9/h1-8H,(H,21,23)(H,22,24). The Bertz CT molecular complexity index is 939. The van der Waals surface area contributed by atoms with Crippen LogP contribution in [0.5, 0.6) is 0 Å². The number of hydrazine groups is 1. The minimum atomic E-state index is -4.80. The molecule has 9 heteroatoms. The monoisotopic (exact) mass is 365 g/mol. The topological polar surface area (TPSA) is 71.1 Å². The number of fused-ring (bicyclic) bond motifs is 1. The maximum Gasteiger partial charge on any atom is 0.434 e. The van der Waals surface area contributed by atoms with Crippen LogP contribution in [0.15, 0.2) is 47.8 Å². The Balaban J connectivity index is 1.85. The SMILES string of the molecule is O=C(NNC(=O)c1cc2sccc2nc1C(F)(F)F)c1ccccc1. The summed E-state index contributed by atoms with van der Waals surface area (Å²) in [5.41, 5.74) is 2.53. The van der Waals surface area contributed by atoms with Gasteiger partial charge in [-0.1, -0.05) is 18.2 Å². The Kier molecular flexibility index (Phi) is 4.41. The summed E-state index contributed by atoms with van der Waals surface area (Å²) in [4.78, 5) is 27.5. The second kappa shape index (κ2) is 6.52. The normalized spacial score (nSPS) is 11.3. The molecule has 2 heterocycles. The zero-order chi connectivity index (χ0) is 18.0. The lowest BCUT2D eigenvalue weighted by molar-refractivity contribution is -0.141. The molecule has 25 heavy (non-hydrogen) atoms. The van der Waals surface area contributed by atoms with E-state index in [2.05, 4.69) is 10.4 Å². The van der Waals surface area contributed by atoms with Gasteiger partial charge in [0.1, 0.15) is 0 Å². The Labute approximate surface area is 143 Å². The highest BCUT2D eigenvalue weighted by Gasteiger charge is 2.38. The van der Waals surface area contributed by atoms with Crippen molar-refractivity contribution in [3.63, 3.8) is 0 Å². The number of benzene rings is 1. The van der Waals surface area contributed by atoms with Crippen LogP contribution in [0.25, 0.3) is 10.2 Å². The molecular formula is C16H10F3N3O2S. The van der Waals surface area contributed by atoms with Crippen LogP contribution in [0.1, 0.15) is 26.4 Å². The Morgan fingerprint density at radius 2 is 1.68 bits per heavy atom. The molecule has 3 aromatic rings. The van der Waals surface area contributed by atoms with Crippen LogP contribution >= 0.6 is 11.3 Å². The highest BCUT2D eigenvalue weighted by atomic mass is 32.1. The van der Waals surface area contributed by atoms with E-state index in [9.17, 15) is 22.8 Å². The van der Waals surface area contributed by atoms with E-state index in [1.807, 2.05) is 5.43 Å². The highest BCUT2D eigenvalue weighted by molar-refractivity contribution is 7.17. The number of pyridine rings is 1. The average Bonchev–Trinajstić information content (AvgIpc) is 3.05. The van der Waals surface area contributed by atoms with Gasteiger partial charge in [0, 0.05) is 5.56 Å². The van der Waals surface area contributed by atoms with Crippen molar-refractivity contribution < 1.29 is 22.8 Å². The minimum Gasteiger partial charge on any atom is -0.267 e. The molecule has 0 spiro atoms. The fraction of sp³-hybridized carbons (Fsp3) is 0.0625. The van der Waals surface area contributed by atoms with Gasteiger partial charge in [-0.2, -0.15) is 13.2 Å². The lowest BCUT2D eigenvalue weighted by Crippen LogP contribution is -2.42. The van der Waals surface area contributed by atoms with E-state index in [-0.39, 0.29) is 11.1 Å². The molecule has 0 aliphatic carbocycles. The van der Waals surface area contributed by atoms with Gasteiger partial charge in [-0.3, -0.25) is 20.4 Å². The van der Waals surface area contributed by atoms with E-state index >= 15 is 0 Å². The van der Waals surface area contributed by atoms with Crippen LogP contribution < -0.4 is 10.9 Å². The van der Waals surface area contributed by atoms with Crippen LogP contribution in [0.4, 0.5) is 13.2 Å². The summed E-state index contributed by atoms with van der Waals surface area (Å²) >= 11 is 1.16. The lowest BCUT2D eigenvalue weighted by Gasteiger charge is -2.13. The van der Waals surface area contributed by atoms with Crippen LogP contribution in [0.3, 0.4) is 0 Å². The summed E-state index contributed by atoms with van der Waals surface area (Å²) in [5, 5.41) is 1.58.